The summed E-state index contributed by atoms with van der Waals surface area (Å²) in [6, 6.07) is 8.22. The molecular formula is C24H32N6O3. The fourth-order valence-electron chi connectivity index (χ4n) is 4.17. The molecule has 2 N–H and O–H groups in total. The molecule has 0 aliphatic carbocycles. The van der Waals surface area contributed by atoms with E-state index < -0.39 is 11.9 Å². The Labute approximate surface area is 193 Å². The largest absolute Gasteiger partial charge is 0.481 e. The van der Waals surface area contributed by atoms with Crippen LogP contribution in [-0.2, 0) is 24.3 Å². The Morgan fingerprint density at radius 1 is 1.30 bits per heavy atom. The predicted molar refractivity (Wildman–Crippen MR) is 125 cm³/mol. The SMILES string of the molecule is CCn1ccc(-c2nc(N3CCCc4cc(CNCC(C(=O)O)C(C)(C)C)ccc43)no2)n1. The van der Waals surface area contributed by atoms with Gasteiger partial charge in [0.15, 0.2) is 5.69 Å². The third-order valence-corrected chi connectivity index (χ3v) is 6.12. The number of hydrogen-bond donors (Lipinski definition) is 2. The Balaban J connectivity index is 1.46. The van der Waals surface area contributed by atoms with E-state index in [1.807, 2.05) is 44.6 Å². The van der Waals surface area contributed by atoms with E-state index in [1.165, 1.54) is 5.56 Å². The van der Waals surface area contributed by atoms with Gasteiger partial charge in [-0.15, -0.1) is 0 Å². The summed E-state index contributed by atoms with van der Waals surface area (Å²) >= 11 is 0. The first-order valence-corrected chi connectivity index (χ1v) is 11.5. The number of aryl methyl sites for hydroxylation is 2. The van der Waals surface area contributed by atoms with E-state index in [0.29, 0.717) is 30.6 Å². The highest BCUT2D eigenvalue weighted by atomic mass is 16.5. The molecule has 0 saturated heterocycles. The molecule has 33 heavy (non-hydrogen) atoms. The van der Waals surface area contributed by atoms with E-state index in [2.05, 4.69) is 43.7 Å². The van der Waals surface area contributed by atoms with Crippen LogP contribution in [0.2, 0.25) is 0 Å². The van der Waals surface area contributed by atoms with E-state index >= 15 is 0 Å². The fraction of sp³-hybridized carbons (Fsp3) is 0.500. The number of anilines is 2. The van der Waals surface area contributed by atoms with Crippen LogP contribution in [0.15, 0.2) is 35.0 Å². The quantitative estimate of drug-likeness (QED) is 0.530. The summed E-state index contributed by atoms with van der Waals surface area (Å²) in [5, 5.41) is 21.5. The van der Waals surface area contributed by atoms with Crippen LogP contribution in [0.5, 0.6) is 0 Å². The van der Waals surface area contributed by atoms with Crippen LogP contribution < -0.4 is 10.2 Å². The maximum atomic E-state index is 11.6. The first-order valence-electron chi connectivity index (χ1n) is 11.5. The van der Waals surface area contributed by atoms with Crippen molar-refractivity contribution >= 4 is 17.6 Å². The van der Waals surface area contributed by atoms with Crippen molar-refractivity contribution < 1.29 is 14.4 Å². The van der Waals surface area contributed by atoms with Crippen LogP contribution in [0.25, 0.3) is 11.6 Å². The lowest BCUT2D eigenvalue weighted by Gasteiger charge is -2.29. The van der Waals surface area contributed by atoms with Gasteiger partial charge in [0.1, 0.15) is 0 Å². The molecule has 0 fully saturated rings. The monoisotopic (exact) mass is 452 g/mol. The minimum atomic E-state index is -0.767. The van der Waals surface area contributed by atoms with Gasteiger partial charge >= 0.3 is 5.97 Å². The highest BCUT2D eigenvalue weighted by molar-refractivity contribution is 5.71. The minimum absolute atomic E-state index is 0.298. The lowest BCUT2D eigenvalue weighted by atomic mass is 9.80. The average molecular weight is 453 g/mol. The molecule has 0 spiro atoms. The molecule has 0 bridgehead atoms. The van der Waals surface area contributed by atoms with Crippen LogP contribution in [0.4, 0.5) is 11.6 Å². The van der Waals surface area contributed by atoms with Crippen molar-refractivity contribution in [2.24, 2.45) is 11.3 Å². The van der Waals surface area contributed by atoms with Crippen molar-refractivity contribution in [1.82, 2.24) is 25.2 Å². The molecule has 9 heteroatoms. The molecule has 3 aromatic rings. The lowest BCUT2D eigenvalue weighted by molar-refractivity contribution is -0.145. The first kappa shape index (κ1) is 23.0. The number of aliphatic carboxylic acids is 1. The van der Waals surface area contributed by atoms with E-state index in [0.717, 1.165) is 37.2 Å². The summed E-state index contributed by atoms with van der Waals surface area (Å²) in [6.07, 6.45) is 3.86. The number of rotatable bonds is 8. The number of carboxylic acids is 1. The molecule has 4 rings (SSSR count). The van der Waals surface area contributed by atoms with Crippen molar-refractivity contribution in [2.75, 3.05) is 18.0 Å². The third kappa shape index (κ3) is 5.08. The van der Waals surface area contributed by atoms with Gasteiger partial charge in [-0.1, -0.05) is 32.9 Å². The second-order valence-corrected chi connectivity index (χ2v) is 9.56. The van der Waals surface area contributed by atoms with Crippen LogP contribution >= 0.6 is 0 Å². The second kappa shape index (κ2) is 9.35. The zero-order valence-electron chi connectivity index (χ0n) is 19.7. The molecule has 1 aliphatic rings. The molecular weight excluding hydrogens is 420 g/mol. The summed E-state index contributed by atoms with van der Waals surface area (Å²) < 4.78 is 7.31. The summed E-state index contributed by atoms with van der Waals surface area (Å²) in [4.78, 5) is 18.3. The Hall–Kier alpha value is -3.20. The maximum Gasteiger partial charge on any atom is 0.308 e. The zero-order chi connectivity index (χ0) is 23.6. The zero-order valence-corrected chi connectivity index (χ0v) is 19.7. The lowest BCUT2D eigenvalue weighted by Crippen LogP contribution is -2.37. The summed E-state index contributed by atoms with van der Waals surface area (Å²) in [7, 11) is 0. The number of carboxylic acid groups (broad SMARTS) is 1. The summed E-state index contributed by atoms with van der Waals surface area (Å²) in [5.41, 5.74) is 3.81. The summed E-state index contributed by atoms with van der Waals surface area (Å²) in [6.45, 7) is 10.6. The van der Waals surface area contributed by atoms with Crippen molar-refractivity contribution in [3.05, 3.63) is 41.6 Å². The van der Waals surface area contributed by atoms with E-state index in [-0.39, 0.29) is 5.41 Å². The minimum Gasteiger partial charge on any atom is -0.481 e. The number of hydrogen-bond acceptors (Lipinski definition) is 7. The normalized spacial score (nSPS) is 14.8. The van der Waals surface area contributed by atoms with Crippen molar-refractivity contribution in [2.45, 2.75) is 53.6 Å². The highest BCUT2D eigenvalue weighted by Crippen LogP contribution is 2.33. The summed E-state index contributed by atoms with van der Waals surface area (Å²) in [5.74, 6) is -0.256. The van der Waals surface area contributed by atoms with E-state index in [9.17, 15) is 9.90 Å². The number of aromatic nitrogens is 4. The number of benzene rings is 1. The standard InChI is InChI=1S/C24H32N6O3/c1-5-29-12-10-19(27-29)21-26-23(28-33-21)30-11-6-7-17-13-16(8-9-20(17)30)14-25-15-18(22(31)32)24(2,3)4/h8-10,12-13,18,25H,5-7,11,14-15H2,1-4H3,(H,31,32). The molecule has 9 nitrogen and oxygen atoms in total. The third-order valence-electron chi connectivity index (χ3n) is 6.12. The van der Waals surface area contributed by atoms with E-state index in [1.54, 1.807) is 0 Å². The Bertz CT molecular complexity index is 1110. The van der Waals surface area contributed by atoms with Gasteiger partial charge in [-0.2, -0.15) is 10.1 Å². The van der Waals surface area contributed by atoms with Gasteiger partial charge < -0.3 is 19.8 Å². The van der Waals surface area contributed by atoms with Crippen LogP contribution in [-0.4, -0.2) is 44.1 Å². The van der Waals surface area contributed by atoms with Gasteiger partial charge in [-0.25, -0.2) is 0 Å². The van der Waals surface area contributed by atoms with Gasteiger partial charge in [-0.05, 0) is 53.6 Å². The predicted octanol–water partition coefficient (Wildman–Crippen LogP) is 3.87. The Kier molecular flexibility index (Phi) is 6.51. The molecule has 2 aromatic heterocycles. The number of nitrogens with one attached hydrogen (secondary N) is 1. The number of carbonyl (C=O) groups is 1. The Morgan fingerprint density at radius 3 is 2.82 bits per heavy atom. The van der Waals surface area contributed by atoms with Gasteiger partial charge in [0.05, 0.1) is 5.92 Å². The molecule has 1 unspecified atom stereocenters. The molecule has 1 atom stereocenters. The van der Waals surface area contributed by atoms with Crippen LogP contribution in [0.1, 0.15) is 45.2 Å². The van der Waals surface area contributed by atoms with Crippen LogP contribution in [0, 0.1) is 11.3 Å². The second-order valence-electron chi connectivity index (χ2n) is 9.56. The average Bonchev–Trinajstić information content (AvgIpc) is 3.44. The van der Waals surface area contributed by atoms with Gasteiger partial charge in [0, 0.05) is 38.1 Å². The topological polar surface area (TPSA) is 109 Å². The smallest absolute Gasteiger partial charge is 0.308 e. The molecule has 0 radical (unpaired) electrons. The Morgan fingerprint density at radius 2 is 2.12 bits per heavy atom. The van der Waals surface area contributed by atoms with Gasteiger partial charge in [0.2, 0.25) is 0 Å². The number of fused-ring (bicyclic) bond motifs is 1. The fourth-order valence-corrected chi connectivity index (χ4v) is 4.17. The molecule has 0 saturated carbocycles. The van der Waals surface area contributed by atoms with Crippen molar-refractivity contribution in [3.8, 4) is 11.6 Å². The van der Waals surface area contributed by atoms with E-state index in [4.69, 9.17) is 4.52 Å². The maximum absolute atomic E-state index is 11.6. The van der Waals surface area contributed by atoms with Crippen molar-refractivity contribution in [1.29, 1.82) is 0 Å². The molecule has 1 aliphatic heterocycles. The highest BCUT2D eigenvalue weighted by Gasteiger charge is 2.30. The van der Waals surface area contributed by atoms with Crippen LogP contribution in [0.3, 0.4) is 0 Å². The molecule has 0 amide bonds. The van der Waals surface area contributed by atoms with Gasteiger partial charge in [-0.3, -0.25) is 9.48 Å². The van der Waals surface area contributed by atoms with Gasteiger partial charge in [0.25, 0.3) is 11.8 Å². The first-order chi connectivity index (χ1) is 15.8. The molecule has 1 aromatic carbocycles. The molecule has 3 heterocycles. The van der Waals surface area contributed by atoms with Crippen molar-refractivity contribution in [3.63, 3.8) is 0 Å². The number of nitrogens with zero attached hydrogens (tertiary/aromatic N) is 5. The molecule has 176 valence electrons.